The van der Waals surface area contributed by atoms with Gasteiger partial charge in [0.1, 0.15) is 30.2 Å². The third kappa shape index (κ3) is 61.1. The highest BCUT2D eigenvalue weighted by atomic mass is 16.2. The molecule has 0 bridgehead atoms. The maximum atomic E-state index is 13.5. The Morgan fingerprint density at radius 1 is 0.338 bits per heavy atom. The predicted octanol–water partition coefficient (Wildman–Crippen LogP) is 0.891. The second-order valence-electron chi connectivity index (χ2n) is 34.8. The molecule has 1 aromatic heterocycles. The molecule has 39 heteroatoms. The molecule has 0 saturated heterocycles. The number of aromatic amines is 1. The van der Waals surface area contributed by atoms with Crippen LogP contribution < -0.4 is 113 Å². The molecule has 0 fully saturated rings. The van der Waals surface area contributed by atoms with E-state index >= 15 is 0 Å². The second kappa shape index (κ2) is 75.0. The van der Waals surface area contributed by atoms with Crippen molar-refractivity contribution in [3.05, 3.63) is 24.0 Å². The standard InChI is InChI=1S/C50H91N15O10.C41H77N7O7/c1-35(30-38-16-15-25-56-38)47(72)62-36(2)48(73)61-34-45(70)57-24-14-6-4-5-7-20-42(67)58-28-26-54-31-43(68)60-33-44(69)59-29-27-55-32-46(71)63-40(18-9-12-22-52)49(74)65-41(19-10-13-23-53)50(75)64-39(37(3)66)17-8-11-21-51;1-11-12-13-14-15-16-17-18-19-20-23-43-34(51)24-31(27(2)3)45-41(55)39(30(8)9)46-33(50)22-21-32(49)37(28(4)5)47-36(53)26-44-40(54)38(29(6)7)48-35(52)25-42-10/h15-16,25,35-36,39-41,54-56H,4-14,17-24,26-34,51-53H2,1-3H3,(H,57,70)(H,58,67)(H,59,69)(H,60,68)(H,61,73)(H,62,72)(H,63,71)(H,64,75)(H,65,74);27-31,37-39,42H,11-26H2,1-10H3,(H,43,51)(H,44,54)(H,45,55)(H,46,50)(H,47,53)(H,48,52)/t35?,36-,39-,40-,41?;31-,37-,38-,39-/m00/s1. The fraction of sp³-hybridized carbons (Fsp3) is 0.769. The molecule has 0 aliphatic rings. The van der Waals surface area contributed by atoms with Gasteiger partial charge in [-0.3, -0.25) is 81.5 Å². The van der Waals surface area contributed by atoms with Crippen LogP contribution in [0.5, 0.6) is 0 Å². The summed E-state index contributed by atoms with van der Waals surface area (Å²) in [5.41, 5.74) is 17.8. The van der Waals surface area contributed by atoms with Gasteiger partial charge in [-0.05, 0) is 160 Å². The molecule has 25 N–H and O–H groups in total. The SMILES string of the molecule is CC(=O)[C@H](CCCCN)NC(=O)C(CCCCN)NC(=O)[C@H](CCCCN)NC(=O)CNCCNC(=O)CNC(=O)CNCCNC(=O)CCCCCCCNC(=O)CNC(=O)[C@H](C)NC(=O)C(C)Cc1ccc[nH]1.CCCCCCCCCCCCNC(=O)C[C@H](NC(=O)[C@@H](NC(=O)CCC(=O)[C@@H](NC(=O)CNC(=O)[C@@H](NC(=O)CNC)C(C)C)C(C)C)C(C)C)C(C)C. The average molecular weight is 1840 g/mol. The maximum absolute atomic E-state index is 13.5. The molecular weight excluding hydrogens is 1670 g/mol. The van der Waals surface area contributed by atoms with E-state index in [1.807, 2.05) is 39.8 Å². The lowest BCUT2D eigenvalue weighted by molar-refractivity contribution is -0.133. The van der Waals surface area contributed by atoms with E-state index in [1.54, 1.807) is 54.8 Å². The van der Waals surface area contributed by atoms with E-state index in [4.69, 9.17) is 17.2 Å². The number of nitrogens with two attached hydrogens (primary N) is 3. The van der Waals surface area contributed by atoms with Crippen LogP contribution in [0.2, 0.25) is 0 Å². The monoisotopic (exact) mass is 1840 g/mol. The summed E-state index contributed by atoms with van der Waals surface area (Å²) >= 11 is 0. The Kier molecular flexibility index (Phi) is 69.5. The summed E-state index contributed by atoms with van der Waals surface area (Å²) in [5.74, 6) is -7.69. The number of H-pyrrole nitrogens is 1. The zero-order valence-corrected chi connectivity index (χ0v) is 80.5. The summed E-state index contributed by atoms with van der Waals surface area (Å²) in [6.45, 7) is 23.8. The first-order valence-corrected chi connectivity index (χ1v) is 47.5. The van der Waals surface area contributed by atoms with E-state index in [0.29, 0.717) is 110 Å². The number of rotatable bonds is 76. The van der Waals surface area contributed by atoms with E-state index in [2.05, 4.69) is 108 Å². The summed E-state index contributed by atoms with van der Waals surface area (Å²) in [4.78, 5) is 218. The van der Waals surface area contributed by atoms with Crippen LogP contribution in [-0.4, -0.2) is 259 Å². The summed E-state index contributed by atoms with van der Waals surface area (Å²) in [7, 11) is 1.61. The van der Waals surface area contributed by atoms with Crippen molar-refractivity contribution < 1.29 is 81.5 Å². The summed E-state index contributed by atoms with van der Waals surface area (Å²) < 4.78 is 0. The van der Waals surface area contributed by atoms with Crippen LogP contribution in [0.3, 0.4) is 0 Å². The number of aromatic nitrogens is 1. The van der Waals surface area contributed by atoms with Crippen molar-refractivity contribution in [3.8, 4) is 0 Å². The quantitative estimate of drug-likeness (QED) is 0.0403. The fourth-order valence-electron chi connectivity index (χ4n) is 13.5. The largest absolute Gasteiger partial charge is 0.365 e. The minimum Gasteiger partial charge on any atom is -0.365 e. The highest BCUT2D eigenvalue weighted by molar-refractivity contribution is 5.97. The van der Waals surface area contributed by atoms with Crippen molar-refractivity contribution in [2.75, 3.05) is 105 Å². The summed E-state index contributed by atoms with van der Waals surface area (Å²) in [6.07, 6.45) is 23.3. The highest BCUT2D eigenvalue weighted by Crippen LogP contribution is 2.16. The van der Waals surface area contributed by atoms with Crippen LogP contribution in [0, 0.1) is 29.6 Å². The molecule has 0 aliphatic heterocycles. The van der Waals surface area contributed by atoms with E-state index in [1.165, 1.54) is 58.3 Å². The first kappa shape index (κ1) is 120. The van der Waals surface area contributed by atoms with Crippen molar-refractivity contribution >= 4 is 100 Å². The van der Waals surface area contributed by atoms with Crippen LogP contribution in [0.4, 0.5) is 0 Å². The fourth-order valence-corrected chi connectivity index (χ4v) is 13.5. The molecule has 0 radical (unpaired) electrons. The highest BCUT2D eigenvalue weighted by Gasteiger charge is 2.33. The van der Waals surface area contributed by atoms with Crippen LogP contribution in [0.25, 0.3) is 0 Å². The van der Waals surface area contributed by atoms with Crippen LogP contribution in [-0.2, 0) is 87.9 Å². The van der Waals surface area contributed by atoms with Gasteiger partial charge in [-0.25, -0.2) is 0 Å². The zero-order valence-electron chi connectivity index (χ0n) is 80.5. The van der Waals surface area contributed by atoms with Gasteiger partial charge in [-0.1, -0.05) is 146 Å². The molecule has 9 atom stereocenters. The number of hydrogen-bond donors (Lipinski definition) is 22. The number of likely N-dealkylation sites (N-methyl/N-ethyl adjacent to an activating group) is 1. The van der Waals surface area contributed by atoms with Gasteiger partial charge >= 0.3 is 0 Å². The molecule has 0 aliphatic carbocycles. The van der Waals surface area contributed by atoms with Crippen molar-refractivity contribution in [1.82, 2.24) is 101 Å². The van der Waals surface area contributed by atoms with Gasteiger partial charge in [0.05, 0.1) is 51.4 Å². The molecule has 130 heavy (non-hydrogen) atoms. The van der Waals surface area contributed by atoms with E-state index < -0.39 is 114 Å². The number of amides is 15. The first-order chi connectivity index (χ1) is 61.9. The molecular formula is C91H168N22O17. The Hall–Kier alpha value is -9.57. The van der Waals surface area contributed by atoms with Gasteiger partial charge in [0.25, 0.3) is 0 Å². The zero-order chi connectivity index (χ0) is 97.6. The van der Waals surface area contributed by atoms with Crippen LogP contribution in [0.15, 0.2) is 18.3 Å². The smallest absolute Gasteiger partial charge is 0.243 e. The molecule has 0 spiro atoms. The molecule has 1 rings (SSSR count). The van der Waals surface area contributed by atoms with Crippen molar-refractivity contribution in [2.24, 2.45) is 46.8 Å². The van der Waals surface area contributed by atoms with Crippen molar-refractivity contribution in [3.63, 3.8) is 0 Å². The number of hydrogen-bond acceptors (Lipinski definition) is 23. The van der Waals surface area contributed by atoms with Gasteiger partial charge in [0.15, 0.2) is 11.6 Å². The minimum absolute atomic E-state index is 0.0227. The third-order valence-electron chi connectivity index (χ3n) is 21.5. The van der Waals surface area contributed by atoms with Gasteiger partial charge < -0.3 is 118 Å². The Morgan fingerprint density at radius 2 is 0.769 bits per heavy atom. The predicted molar refractivity (Wildman–Crippen MR) is 503 cm³/mol. The van der Waals surface area contributed by atoms with Gasteiger partial charge in [-0.2, -0.15) is 0 Å². The molecule has 39 nitrogen and oxygen atoms in total. The van der Waals surface area contributed by atoms with Crippen LogP contribution >= 0.6 is 0 Å². The Balaban J connectivity index is 0.00000269. The van der Waals surface area contributed by atoms with Crippen LogP contribution in [0.1, 0.15) is 269 Å². The summed E-state index contributed by atoms with van der Waals surface area (Å²) in [5, 5.41) is 49.2. The van der Waals surface area contributed by atoms with Gasteiger partial charge in [-0.15, -0.1) is 0 Å². The Bertz CT molecular complexity index is 3460. The number of nitrogens with one attached hydrogen (secondary N) is 19. The topological polar surface area (TPSA) is 601 Å². The third-order valence-corrected chi connectivity index (χ3v) is 21.5. The molecule has 0 aromatic carbocycles. The first-order valence-electron chi connectivity index (χ1n) is 47.5. The number of unbranched alkanes of at least 4 members (excludes halogenated alkanes) is 16. The molecule has 1 heterocycles. The molecule has 1 aromatic rings. The molecule has 2 unspecified atom stereocenters. The molecule has 744 valence electrons. The molecule has 15 amide bonds. The lowest BCUT2D eigenvalue weighted by Gasteiger charge is -2.27. The lowest BCUT2D eigenvalue weighted by atomic mass is 9.96. The van der Waals surface area contributed by atoms with Gasteiger partial charge in [0.2, 0.25) is 88.6 Å². The van der Waals surface area contributed by atoms with E-state index in [0.717, 1.165) is 44.2 Å². The van der Waals surface area contributed by atoms with Crippen molar-refractivity contribution in [2.45, 2.75) is 318 Å². The van der Waals surface area contributed by atoms with Gasteiger partial charge in [0, 0.05) is 88.8 Å². The molecule has 0 saturated carbocycles. The maximum Gasteiger partial charge on any atom is 0.243 e. The lowest BCUT2D eigenvalue weighted by Crippen LogP contribution is -2.56. The second-order valence-corrected chi connectivity index (χ2v) is 34.8. The Labute approximate surface area is 772 Å². The number of ketones is 2. The Morgan fingerprint density at radius 3 is 1.28 bits per heavy atom. The number of Topliss-reactive ketones (excluding diaryl/α,β-unsaturated/α-hetero) is 2. The van der Waals surface area contributed by atoms with Crippen molar-refractivity contribution in [1.29, 1.82) is 0 Å². The van der Waals surface area contributed by atoms with E-state index in [-0.39, 0.29) is 149 Å². The number of carbonyl (C=O) groups is 17. The van der Waals surface area contributed by atoms with E-state index in [9.17, 15) is 81.5 Å². The normalized spacial score (nSPS) is 13.2. The summed E-state index contributed by atoms with van der Waals surface area (Å²) in [6, 6.07) is -2.71. The average Bonchev–Trinajstić information content (AvgIpc) is 1.07. The number of carbonyl (C=O) groups excluding carboxylic acids is 17. The minimum atomic E-state index is -0.957.